The van der Waals surface area contributed by atoms with Gasteiger partial charge in [0, 0.05) is 24.0 Å². The first kappa shape index (κ1) is 16.4. The molecule has 1 aromatic carbocycles. The number of methoxy groups -OCH3 is 1. The van der Waals surface area contributed by atoms with Crippen molar-refractivity contribution in [2.45, 2.75) is 19.3 Å². The molecule has 1 aliphatic heterocycles. The zero-order chi connectivity index (χ0) is 18.2. The number of ether oxygens (including phenoxy) is 1. The van der Waals surface area contributed by atoms with Gasteiger partial charge in [0.25, 0.3) is 0 Å². The van der Waals surface area contributed by atoms with Crippen molar-refractivity contribution in [3.8, 4) is 17.3 Å². The van der Waals surface area contributed by atoms with Crippen LogP contribution in [0, 0.1) is 0 Å². The van der Waals surface area contributed by atoms with E-state index in [1.54, 1.807) is 18.4 Å². The van der Waals surface area contributed by atoms with Crippen LogP contribution in [0.25, 0.3) is 31.7 Å². The third-order valence-corrected chi connectivity index (χ3v) is 6.13. The molecule has 0 amide bonds. The van der Waals surface area contributed by atoms with E-state index in [2.05, 4.69) is 34.1 Å². The Morgan fingerprint density at radius 2 is 1.74 bits per heavy atom. The molecular weight excluding hydrogens is 356 g/mol. The Hall–Kier alpha value is -2.73. The van der Waals surface area contributed by atoms with Crippen molar-refractivity contribution in [3.63, 3.8) is 0 Å². The van der Waals surface area contributed by atoms with Crippen molar-refractivity contribution in [1.82, 2.24) is 15.0 Å². The maximum atomic E-state index is 5.40. The molecule has 0 bridgehead atoms. The van der Waals surface area contributed by atoms with Crippen molar-refractivity contribution in [3.05, 3.63) is 42.5 Å². The highest BCUT2D eigenvalue weighted by molar-refractivity contribution is 7.26. The van der Waals surface area contributed by atoms with Crippen LogP contribution in [0.2, 0.25) is 0 Å². The van der Waals surface area contributed by atoms with E-state index in [4.69, 9.17) is 14.7 Å². The summed E-state index contributed by atoms with van der Waals surface area (Å²) in [6.07, 6.45) is 3.69. The SMILES string of the molecule is COc1nc(N2CCCCC2)c2sc3nc(-c4ccccc4)ccc3c2n1. The molecule has 4 aromatic rings. The number of rotatable bonds is 3. The number of hydrogen-bond donors (Lipinski definition) is 0. The second kappa shape index (κ2) is 6.78. The van der Waals surface area contributed by atoms with Crippen LogP contribution in [-0.4, -0.2) is 35.2 Å². The third kappa shape index (κ3) is 2.90. The highest BCUT2D eigenvalue weighted by Gasteiger charge is 2.21. The summed E-state index contributed by atoms with van der Waals surface area (Å²) < 4.78 is 6.50. The molecule has 0 N–H and O–H groups in total. The van der Waals surface area contributed by atoms with Gasteiger partial charge in [-0.05, 0) is 31.4 Å². The minimum atomic E-state index is 0.426. The van der Waals surface area contributed by atoms with Crippen molar-refractivity contribution in [2.75, 3.05) is 25.1 Å². The Bertz CT molecular complexity index is 1100. The molecule has 5 nitrogen and oxygen atoms in total. The van der Waals surface area contributed by atoms with Gasteiger partial charge in [-0.15, -0.1) is 11.3 Å². The van der Waals surface area contributed by atoms with Crippen LogP contribution in [0.5, 0.6) is 6.01 Å². The Kier molecular flexibility index (Phi) is 4.13. The fourth-order valence-electron chi connectivity index (χ4n) is 3.67. The van der Waals surface area contributed by atoms with E-state index in [-0.39, 0.29) is 0 Å². The van der Waals surface area contributed by atoms with Crippen LogP contribution in [0.4, 0.5) is 5.82 Å². The third-order valence-electron chi connectivity index (χ3n) is 5.05. The summed E-state index contributed by atoms with van der Waals surface area (Å²) in [5.74, 6) is 0.987. The number of benzene rings is 1. The lowest BCUT2D eigenvalue weighted by Gasteiger charge is -2.28. The quantitative estimate of drug-likeness (QED) is 0.509. The van der Waals surface area contributed by atoms with Crippen LogP contribution in [-0.2, 0) is 0 Å². The monoisotopic (exact) mass is 376 g/mol. The number of aromatic nitrogens is 3. The highest BCUT2D eigenvalue weighted by Crippen LogP contribution is 2.39. The lowest BCUT2D eigenvalue weighted by atomic mass is 10.1. The number of pyridine rings is 1. The Morgan fingerprint density at radius 3 is 2.52 bits per heavy atom. The van der Waals surface area contributed by atoms with E-state index in [0.29, 0.717) is 6.01 Å². The fourth-order valence-corrected chi connectivity index (χ4v) is 4.80. The molecular formula is C21H20N4OS. The molecule has 0 unspecified atom stereocenters. The molecule has 6 heteroatoms. The molecule has 0 saturated carbocycles. The van der Waals surface area contributed by atoms with Crippen molar-refractivity contribution < 1.29 is 4.74 Å². The Labute approximate surface area is 161 Å². The van der Waals surface area contributed by atoms with Crippen LogP contribution < -0.4 is 9.64 Å². The minimum absolute atomic E-state index is 0.426. The second-order valence-corrected chi connectivity index (χ2v) is 7.78. The lowest BCUT2D eigenvalue weighted by Crippen LogP contribution is -2.30. The van der Waals surface area contributed by atoms with Gasteiger partial charge in [-0.2, -0.15) is 9.97 Å². The molecule has 3 aromatic heterocycles. The van der Waals surface area contributed by atoms with Gasteiger partial charge < -0.3 is 9.64 Å². The normalized spacial score (nSPS) is 14.8. The number of nitrogens with zero attached hydrogens (tertiary/aromatic N) is 4. The van der Waals surface area contributed by atoms with E-state index < -0.39 is 0 Å². The molecule has 1 fully saturated rings. The molecule has 0 atom stereocenters. The predicted octanol–water partition coefficient (Wildman–Crippen LogP) is 4.91. The van der Waals surface area contributed by atoms with Gasteiger partial charge in [-0.3, -0.25) is 0 Å². The molecule has 27 heavy (non-hydrogen) atoms. The van der Waals surface area contributed by atoms with Gasteiger partial charge in [0.2, 0.25) is 0 Å². The molecule has 1 saturated heterocycles. The first-order valence-electron chi connectivity index (χ1n) is 9.29. The van der Waals surface area contributed by atoms with Crippen LogP contribution >= 0.6 is 11.3 Å². The summed E-state index contributed by atoms with van der Waals surface area (Å²) in [7, 11) is 1.63. The number of anilines is 1. The van der Waals surface area contributed by atoms with E-state index >= 15 is 0 Å². The maximum Gasteiger partial charge on any atom is 0.318 e. The lowest BCUT2D eigenvalue weighted by molar-refractivity contribution is 0.381. The van der Waals surface area contributed by atoms with Gasteiger partial charge in [0.05, 0.1) is 23.0 Å². The first-order valence-corrected chi connectivity index (χ1v) is 10.1. The van der Waals surface area contributed by atoms with Crippen LogP contribution in [0.15, 0.2) is 42.5 Å². The first-order chi connectivity index (χ1) is 13.3. The molecule has 0 spiro atoms. The average Bonchev–Trinajstić information content (AvgIpc) is 3.12. The molecule has 0 aliphatic carbocycles. The zero-order valence-electron chi connectivity index (χ0n) is 15.2. The van der Waals surface area contributed by atoms with E-state index in [9.17, 15) is 0 Å². The van der Waals surface area contributed by atoms with Gasteiger partial charge >= 0.3 is 6.01 Å². The number of thiophene rings is 1. The summed E-state index contributed by atoms with van der Waals surface area (Å²) in [4.78, 5) is 17.6. The zero-order valence-corrected chi connectivity index (χ0v) is 16.0. The highest BCUT2D eigenvalue weighted by atomic mass is 32.1. The number of piperidine rings is 1. The summed E-state index contributed by atoms with van der Waals surface area (Å²) in [5, 5.41) is 1.06. The molecule has 0 radical (unpaired) electrons. The van der Waals surface area contributed by atoms with Crippen LogP contribution in [0.1, 0.15) is 19.3 Å². The van der Waals surface area contributed by atoms with Gasteiger partial charge in [0.15, 0.2) is 5.82 Å². The van der Waals surface area contributed by atoms with E-state index in [1.807, 2.05) is 18.2 Å². The second-order valence-electron chi connectivity index (χ2n) is 6.78. The standard InChI is InChI=1S/C21H20N4OS/c1-26-21-23-17-15-10-11-16(14-8-4-2-5-9-14)22-20(15)27-18(17)19(24-21)25-12-6-3-7-13-25/h2,4-5,8-11H,3,6-7,12-13H2,1H3. The predicted molar refractivity (Wildman–Crippen MR) is 111 cm³/mol. The van der Waals surface area contributed by atoms with Crippen molar-refractivity contribution in [1.29, 1.82) is 0 Å². The van der Waals surface area contributed by atoms with E-state index in [1.165, 1.54) is 19.3 Å². The van der Waals surface area contributed by atoms with Gasteiger partial charge in [-0.25, -0.2) is 4.98 Å². The van der Waals surface area contributed by atoms with E-state index in [0.717, 1.165) is 50.6 Å². The minimum Gasteiger partial charge on any atom is -0.467 e. The maximum absolute atomic E-state index is 5.40. The Morgan fingerprint density at radius 1 is 0.926 bits per heavy atom. The van der Waals surface area contributed by atoms with Crippen molar-refractivity contribution in [2.24, 2.45) is 0 Å². The van der Waals surface area contributed by atoms with Crippen molar-refractivity contribution >= 4 is 37.6 Å². The summed E-state index contributed by atoms with van der Waals surface area (Å²) in [6.45, 7) is 2.07. The summed E-state index contributed by atoms with van der Waals surface area (Å²) >= 11 is 1.68. The average molecular weight is 376 g/mol. The molecule has 5 rings (SSSR count). The summed E-state index contributed by atoms with van der Waals surface area (Å²) in [5.41, 5.74) is 3.04. The van der Waals surface area contributed by atoms with Crippen LogP contribution in [0.3, 0.4) is 0 Å². The summed E-state index contributed by atoms with van der Waals surface area (Å²) in [6, 6.07) is 14.9. The van der Waals surface area contributed by atoms with Gasteiger partial charge in [-0.1, -0.05) is 30.3 Å². The van der Waals surface area contributed by atoms with Gasteiger partial charge in [0.1, 0.15) is 4.83 Å². The molecule has 4 heterocycles. The fraction of sp³-hybridized carbons (Fsp3) is 0.286. The molecule has 1 aliphatic rings. The topological polar surface area (TPSA) is 51.1 Å². The smallest absolute Gasteiger partial charge is 0.318 e. The largest absolute Gasteiger partial charge is 0.467 e. The number of fused-ring (bicyclic) bond motifs is 3. The number of hydrogen-bond acceptors (Lipinski definition) is 6. The molecule has 136 valence electrons. The Balaban J connectivity index is 1.71.